The van der Waals surface area contributed by atoms with Crippen LogP contribution in [0, 0.1) is 5.82 Å². The molecule has 0 aromatic heterocycles. The lowest BCUT2D eigenvalue weighted by Gasteiger charge is -2.07. The van der Waals surface area contributed by atoms with Gasteiger partial charge < -0.3 is 10.6 Å². The van der Waals surface area contributed by atoms with Gasteiger partial charge in [-0.1, -0.05) is 18.2 Å². The number of carbonyl (C=O) groups excluding carboxylic acids is 1. The summed E-state index contributed by atoms with van der Waals surface area (Å²) in [7, 11) is 0. The van der Waals surface area contributed by atoms with E-state index in [1.165, 1.54) is 12.1 Å². The fourth-order valence-corrected chi connectivity index (χ4v) is 1.64. The van der Waals surface area contributed by atoms with E-state index in [0.29, 0.717) is 15.8 Å². The Morgan fingerprint density at radius 3 is 2.33 bits per heavy atom. The number of nitrogens with one attached hydrogen (secondary N) is 2. The highest BCUT2D eigenvalue weighted by Gasteiger charge is 2.04. The van der Waals surface area contributed by atoms with Crippen LogP contribution in [-0.2, 0) is 0 Å². The number of rotatable bonds is 2. The molecule has 0 aliphatic heterocycles. The summed E-state index contributed by atoms with van der Waals surface area (Å²) in [5.41, 5.74) is 1.07. The third kappa shape index (κ3) is 3.30. The van der Waals surface area contributed by atoms with Gasteiger partial charge in [0.05, 0.1) is 4.47 Å². The average molecular weight is 309 g/mol. The number of para-hydroxylation sites is 1. The number of urea groups is 1. The van der Waals surface area contributed by atoms with Crippen LogP contribution in [0.1, 0.15) is 0 Å². The van der Waals surface area contributed by atoms with Gasteiger partial charge in [0.25, 0.3) is 0 Å². The van der Waals surface area contributed by atoms with Crippen molar-refractivity contribution in [2.75, 3.05) is 10.6 Å². The van der Waals surface area contributed by atoms with Crippen LogP contribution in [-0.4, -0.2) is 6.03 Å². The molecular weight excluding hydrogens is 299 g/mol. The van der Waals surface area contributed by atoms with Crippen LogP contribution in [0.25, 0.3) is 0 Å². The number of benzene rings is 2. The van der Waals surface area contributed by atoms with Gasteiger partial charge in [-0.15, -0.1) is 0 Å². The van der Waals surface area contributed by atoms with Crippen LogP contribution in [0.2, 0.25) is 0 Å². The van der Waals surface area contributed by atoms with Crippen molar-refractivity contribution in [3.05, 3.63) is 58.8 Å². The van der Waals surface area contributed by atoms with Crippen molar-refractivity contribution in [3.8, 4) is 0 Å². The molecule has 0 bridgehead atoms. The minimum absolute atomic E-state index is 0.358. The summed E-state index contributed by atoms with van der Waals surface area (Å²) >= 11 is 3.05. The molecule has 2 aromatic rings. The highest BCUT2D eigenvalue weighted by molar-refractivity contribution is 9.10. The topological polar surface area (TPSA) is 41.1 Å². The van der Waals surface area contributed by atoms with Crippen LogP contribution in [0.3, 0.4) is 0 Å². The van der Waals surface area contributed by atoms with Gasteiger partial charge in [-0.25, -0.2) is 9.18 Å². The molecule has 0 aliphatic carbocycles. The summed E-state index contributed by atoms with van der Waals surface area (Å²) < 4.78 is 13.6. The maximum Gasteiger partial charge on any atom is 0.323 e. The summed E-state index contributed by atoms with van der Waals surface area (Å²) in [6, 6.07) is 13.0. The van der Waals surface area contributed by atoms with E-state index in [-0.39, 0.29) is 0 Å². The molecule has 92 valence electrons. The lowest BCUT2D eigenvalue weighted by atomic mass is 10.3. The monoisotopic (exact) mass is 308 g/mol. The zero-order valence-electron chi connectivity index (χ0n) is 9.28. The number of anilines is 2. The van der Waals surface area contributed by atoms with Crippen LogP contribution >= 0.6 is 15.9 Å². The molecule has 0 saturated carbocycles. The second kappa shape index (κ2) is 5.64. The van der Waals surface area contributed by atoms with Crippen molar-refractivity contribution in [2.24, 2.45) is 0 Å². The molecule has 2 amide bonds. The maximum absolute atomic E-state index is 13.2. The van der Waals surface area contributed by atoms with Gasteiger partial charge in [0.15, 0.2) is 0 Å². The lowest BCUT2D eigenvalue weighted by Crippen LogP contribution is -2.19. The first-order valence-corrected chi connectivity index (χ1v) is 6.02. The first kappa shape index (κ1) is 12.6. The molecule has 0 unspecified atom stereocenters. The van der Waals surface area contributed by atoms with Crippen molar-refractivity contribution in [1.82, 2.24) is 0 Å². The quantitative estimate of drug-likeness (QED) is 0.856. The summed E-state index contributed by atoms with van der Waals surface area (Å²) in [5, 5.41) is 5.19. The van der Waals surface area contributed by atoms with E-state index in [9.17, 15) is 9.18 Å². The highest BCUT2D eigenvalue weighted by Crippen LogP contribution is 2.19. The third-order valence-electron chi connectivity index (χ3n) is 2.21. The van der Waals surface area contributed by atoms with Crippen molar-refractivity contribution < 1.29 is 9.18 Å². The van der Waals surface area contributed by atoms with Gasteiger partial charge in [0.2, 0.25) is 0 Å². The number of hydrogen-bond acceptors (Lipinski definition) is 1. The summed E-state index contributed by atoms with van der Waals surface area (Å²) in [4.78, 5) is 11.6. The first-order valence-electron chi connectivity index (χ1n) is 5.23. The highest BCUT2D eigenvalue weighted by atomic mass is 79.9. The predicted molar refractivity (Wildman–Crippen MR) is 73.2 cm³/mol. The molecule has 2 N–H and O–H groups in total. The minimum atomic E-state index is -0.424. The van der Waals surface area contributed by atoms with E-state index in [1.54, 1.807) is 18.2 Å². The fourth-order valence-electron chi connectivity index (χ4n) is 1.39. The molecule has 0 fully saturated rings. The molecule has 3 nitrogen and oxygen atoms in total. The largest absolute Gasteiger partial charge is 0.323 e. The standard InChI is InChI=1S/C13H10BrFN2O/c14-11-7-6-10(8-12(11)15)17-13(18)16-9-4-2-1-3-5-9/h1-8H,(H2,16,17,18). The van der Waals surface area contributed by atoms with Gasteiger partial charge >= 0.3 is 6.03 Å². The number of halogens is 2. The van der Waals surface area contributed by atoms with Crippen molar-refractivity contribution >= 4 is 33.3 Å². The summed E-state index contributed by atoms with van der Waals surface area (Å²) in [5.74, 6) is -0.424. The van der Waals surface area contributed by atoms with Gasteiger partial charge in [-0.2, -0.15) is 0 Å². The molecule has 18 heavy (non-hydrogen) atoms. The minimum Gasteiger partial charge on any atom is -0.308 e. The van der Waals surface area contributed by atoms with Gasteiger partial charge in [0, 0.05) is 11.4 Å². The second-order valence-electron chi connectivity index (χ2n) is 3.57. The molecule has 0 aliphatic rings. The molecule has 2 aromatic carbocycles. The van der Waals surface area contributed by atoms with Crippen molar-refractivity contribution in [1.29, 1.82) is 0 Å². The fraction of sp³-hybridized carbons (Fsp3) is 0. The van der Waals surface area contributed by atoms with Gasteiger partial charge in [-0.05, 0) is 46.3 Å². The molecular formula is C13H10BrFN2O. The Morgan fingerprint density at radius 1 is 1.00 bits per heavy atom. The third-order valence-corrected chi connectivity index (χ3v) is 2.85. The maximum atomic E-state index is 13.2. The molecule has 0 heterocycles. The number of carbonyl (C=O) groups is 1. The Labute approximate surface area is 112 Å². The molecule has 0 spiro atoms. The lowest BCUT2D eigenvalue weighted by molar-refractivity contribution is 0.262. The molecule has 5 heteroatoms. The van der Waals surface area contributed by atoms with Crippen LogP contribution in [0.4, 0.5) is 20.6 Å². The van der Waals surface area contributed by atoms with Crippen LogP contribution < -0.4 is 10.6 Å². The van der Waals surface area contributed by atoms with E-state index < -0.39 is 11.8 Å². The number of amides is 2. The summed E-state index contributed by atoms with van der Waals surface area (Å²) in [6.07, 6.45) is 0. The molecule has 0 radical (unpaired) electrons. The summed E-state index contributed by atoms with van der Waals surface area (Å²) in [6.45, 7) is 0. The molecule has 0 atom stereocenters. The Kier molecular flexibility index (Phi) is 3.94. The smallest absolute Gasteiger partial charge is 0.308 e. The number of hydrogen-bond donors (Lipinski definition) is 2. The van der Waals surface area contributed by atoms with E-state index in [4.69, 9.17) is 0 Å². The predicted octanol–water partition coefficient (Wildman–Crippen LogP) is 4.23. The van der Waals surface area contributed by atoms with Crippen LogP contribution in [0.5, 0.6) is 0 Å². The zero-order valence-corrected chi connectivity index (χ0v) is 10.9. The van der Waals surface area contributed by atoms with E-state index in [1.807, 2.05) is 18.2 Å². The zero-order chi connectivity index (χ0) is 13.0. The average Bonchev–Trinajstić information content (AvgIpc) is 2.35. The first-order chi connectivity index (χ1) is 8.65. The SMILES string of the molecule is O=C(Nc1ccccc1)Nc1ccc(Br)c(F)c1. The Hall–Kier alpha value is -1.88. The van der Waals surface area contributed by atoms with Gasteiger partial charge in [-0.3, -0.25) is 0 Å². The Morgan fingerprint density at radius 2 is 1.67 bits per heavy atom. The van der Waals surface area contributed by atoms with Gasteiger partial charge in [0.1, 0.15) is 5.82 Å². The van der Waals surface area contributed by atoms with E-state index >= 15 is 0 Å². The van der Waals surface area contributed by atoms with E-state index in [0.717, 1.165) is 0 Å². The molecule has 0 saturated heterocycles. The Balaban J connectivity index is 2.01. The second-order valence-corrected chi connectivity index (χ2v) is 4.43. The molecule has 2 rings (SSSR count). The van der Waals surface area contributed by atoms with Crippen molar-refractivity contribution in [2.45, 2.75) is 0 Å². The van der Waals surface area contributed by atoms with Crippen LogP contribution in [0.15, 0.2) is 53.0 Å². The Bertz CT molecular complexity index is 560. The van der Waals surface area contributed by atoms with E-state index in [2.05, 4.69) is 26.6 Å². The van der Waals surface area contributed by atoms with Crippen molar-refractivity contribution in [3.63, 3.8) is 0 Å². The normalized spacial score (nSPS) is 9.89.